The second-order valence-corrected chi connectivity index (χ2v) is 6.35. The molecule has 2 rings (SSSR count). The molecule has 0 aromatic heterocycles. The summed E-state index contributed by atoms with van der Waals surface area (Å²) in [6.07, 6.45) is 0. The maximum atomic E-state index is 5.90. The van der Waals surface area contributed by atoms with Gasteiger partial charge in [-0.2, -0.15) is 0 Å². The van der Waals surface area contributed by atoms with Gasteiger partial charge in [0.2, 0.25) is 0 Å². The van der Waals surface area contributed by atoms with Crippen LogP contribution in [0.5, 0.6) is 5.75 Å². The summed E-state index contributed by atoms with van der Waals surface area (Å²) in [6, 6.07) is 8.19. The van der Waals surface area contributed by atoms with Crippen molar-refractivity contribution in [1.82, 2.24) is 14.7 Å². The molecule has 0 aliphatic carbocycles. The Balaban J connectivity index is 0.00000312. The van der Waals surface area contributed by atoms with Gasteiger partial charge >= 0.3 is 0 Å². The van der Waals surface area contributed by atoms with Gasteiger partial charge in [0.15, 0.2) is 5.96 Å². The van der Waals surface area contributed by atoms with E-state index in [2.05, 4.69) is 22.0 Å². The first kappa shape index (κ1) is 22.0. The van der Waals surface area contributed by atoms with E-state index < -0.39 is 0 Å². The molecule has 1 fully saturated rings. The van der Waals surface area contributed by atoms with E-state index in [1.54, 1.807) is 0 Å². The van der Waals surface area contributed by atoms with E-state index in [4.69, 9.17) is 9.47 Å². The van der Waals surface area contributed by atoms with Gasteiger partial charge in [-0.3, -0.25) is 4.90 Å². The molecule has 1 aromatic rings. The van der Waals surface area contributed by atoms with Crippen molar-refractivity contribution in [2.24, 2.45) is 4.99 Å². The molecule has 6 nitrogen and oxygen atoms in total. The van der Waals surface area contributed by atoms with E-state index in [9.17, 15) is 0 Å². The quantitative estimate of drug-likeness (QED) is 0.368. The number of halogens is 1. The highest BCUT2D eigenvalue weighted by molar-refractivity contribution is 14.0. The molecule has 142 valence electrons. The number of nitrogens with zero attached hydrogens (tertiary/aromatic N) is 4. The molecule has 0 spiro atoms. The summed E-state index contributed by atoms with van der Waals surface area (Å²) in [5, 5.41) is 0. The SMILES string of the molecule is CN(C)C(=NCc1cccc(OCCN2CCOCC2)c1)N(C)C.I. The van der Waals surface area contributed by atoms with Gasteiger partial charge in [0.05, 0.1) is 19.8 Å². The number of benzene rings is 1. The van der Waals surface area contributed by atoms with E-state index in [0.717, 1.165) is 50.1 Å². The highest BCUT2D eigenvalue weighted by atomic mass is 127. The maximum Gasteiger partial charge on any atom is 0.195 e. The number of ether oxygens (including phenoxy) is 2. The van der Waals surface area contributed by atoms with Crippen LogP contribution in [0.4, 0.5) is 0 Å². The van der Waals surface area contributed by atoms with Gasteiger partial charge in [-0.15, -0.1) is 24.0 Å². The number of rotatable bonds is 6. The largest absolute Gasteiger partial charge is 0.492 e. The van der Waals surface area contributed by atoms with Crippen LogP contribution < -0.4 is 4.74 Å². The fourth-order valence-corrected chi connectivity index (χ4v) is 2.70. The topological polar surface area (TPSA) is 40.5 Å². The molecular weight excluding hydrogens is 431 g/mol. The van der Waals surface area contributed by atoms with Crippen molar-refractivity contribution in [2.45, 2.75) is 6.54 Å². The fourth-order valence-electron chi connectivity index (χ4n) is 2.70. The predicted octanol–water partition coefficient (Wildman–Crippen LogP) is 1.99. The van der Waals surface area contributed by atoms with Gasteiger partial charge in [-0.1, -0.05) is 12.1 Å². The van der Waals surface area contributed by atoms with Gasteiger partial charge in [0.25, 0.3) is 0 Å². The van der Waals surface area contributed by atoms with Gasteiger partial charge in [-0.05, 0) is 17.7 Å². The van der Waals surface area contributed by atoms with Crippen LogP contribution in [0.2, 0.25) is 0 Å². The monoisotopic (exact) mass is 462 g/mol. The van der Waals surface area contributed by atoms with Crippen molar-refractivity contribution < 1.29 is 9.47 Å². The van der Waals surface area contributed by atoms with Gasteiger partial charge < -0.3 is 19.3 Å². The summed E-state index contributed by atoms with van der Waals surface area (Å²) in [5.41, 5.74) is 1.15. The van der Waals surface area contributed by atoms with Crippen molar-refractivity contribution >= 4 is 29.9 Å². The molecule has 0 amide bonds. The minimum Gasteiger partial charge on any atom is -0.492 e. The first-order chi connectivity index (χ1) is 11.6. The second kappa shape index (κ2) is 11.5. The number of hydrogen-bond donors (Lipinski definition) is 0. The first-order valence-corrected chi connectivity index (χ1v) is 8.47. The lowest BCUT2D eigenvalue weighted by Gasteiger charge is -2.26. The van der Waals surface area contributed by atoms with E-state index >= 15 is 0 Å². The zero-order valence-electron chi connectivity index (χ0n) is 15.8. The average Bonchev–Trinajstić information content (AvgIpc) is 2.56. The van der Waals surface area contributed by atoms with Crippen molar-refractivity contribution in [3.8, 4) is 5.75 Å². The van der Waals surface area contributed by atoms with Crippen LogP contribution >= 0.6 is 24.0 Å². The van der Waals surface area contributed by atoms with E-state index in [0.29, 0.717) is 13.2 Å². The molecular formula is C18H31IN4O2. The molecule has 1 aromatic carbocycles. The Morgan fingerprint density at radius 2 is 1.84 bits per heavy atom. The molecule has 0 N–H and O–H groups in total. The van der Waals surface area contributed by atoms with Crippen molar-refractivity contribution in [1.29, 1.82) is 0 Å². The third-order valence-electron chi connectivity index (χ3n) is 3.88. The fraction of sp³-hybridized carbons (Fsp3) is 0.611. The lowest BCUT2D eigenvalue weighted by molar-refractivity contribution is 0.0322. The molecule has 0 atom stereocenters. The third kappa shape index (κ3) is 7.79. The smallest absolute Gasteiger partial charge is 0.195 e. The van der Waals surface area contributed by atoms with E-state index in [-0.39, 0.29) is 24.0 Å². The maximum absolute atomic E-state index is 5.90. The molecule has 1 aliphatic rings. The van der Waals surface area contributed by atoms with Crippen molar-refractivity contribution in [3.63, 3.8) is 0 Å². The summed E-state index contributed by atoms with van der Waals surface area (Å²) in [6.45, 7) is 5.93. The second-order valence-electron chi connectivity index (χ2n) is 6.35. The van der Waals surface area contributed by atoms with Crippen molar-refractivity contribution in [3.05, 3.63) is 29.8 Å². The molecule has 0 radical (unpaired) electrons. The van der Waals surface area contributed by atoms with Crippen LogP contribution in [0, 0.1) is 0 Å². The number of guanidine groups is 1. The van der Waals surface area contributed by atoms with Crippen LogP contribution in [-0.4, -0.2) is 88.3 Å². The Labute approximate surface area is 168 Å². The third-order valence-corrected chi connectivity index (χ3v) is 3.88. The number of aliphatic imine (C=N–C) groups is 1. The molecule has 0 unspecified atom stereocenters. The lowest BCUT2D eigenvalue weighted by atomic mass is 10.2. The van der Waals surface area contributed by atoms with Gasteiger partial charge in [0, 0.05) is 47.8 Å². The zero-order valence-corrected chi connectivity index (χ0v) is 18.1. The van der Waals surface area contributed by atoms with E-state index in [1.165, 1.54) is 0 Å². The molecule has 7 heteroatoms. The Morgan fingerprint density at radius 1 is 1.16 bits per heavy atom. The highest BCUT2D eigenvalue weighted by Crippen LogP contribution is 2.14. The summed E-state index contributed by atoms with van der Waals surface area (Å²) >= 11 is 0. The minimum atomic E-state index is 0. The Kier molecular flexibility index (Phi) is 10.1. The molecule has 1 saturated heterocycles. The number of morpholine rings is 1. The summed E-state index contributed by atoms with van der Waals surface area (Å²) in [5.74, 6) is 1.86. The molecule has 1 aliphatic heterocycles. The Hall–Kier alpha value is -1.06. The molecule has 0 bridgehead atoms. The normalized spacial score (nSPS) is 14.4. The molecule has 25 heavy (non-hydrogen) atoms. The molecule has 0 saturated carbocycles. The Bertz CT molecular complexity index is 522. The van der Waals surface area contributed by atoms with Gasteiger partial charge in [0.1, 0.15) is 12.4 Å². The standard InChI is InChI=1S/C18H30N4O2.HI/c1-20(2)18(21(3)4)19-15-16-6-5-7-17(14-16)24-13-10-22-8-11-23-12-9-22;/h5-7,14H,8-13,15H2,1-4H3;1H. The highest BCUT2D eigenvalue weighted by Gasteiger charge is 2.10. The van der Waals surface area contributed by atoms with Crippen LogP contribution in [0.3, 0.4) is 0 Å². The summed E-state index contributed by atoms with van der Waals surface area (Å²) in [4.78, 5) is 11.1. The summed E-state index contributed by atoms with van der Waals surface area (Å²) in [7, 11) is 8.02. The van der Waals surface area contributed by atoms with Crippen LogP contribution in [0.1, 0.15) is 5.56 Å². The first-order valence-electron chi connectivity index (χ1n) is 8.47. The molecule has 1 heterocycles. The predicted molar refractivity (Wildman–Crippen MR) is 113 cm³/mol. The van der Waals surface area contributed by atoms with Crippen molar-refractivity contribution in [2.75, 3.05) is 67.6 Å². The lowest BCUT2D eigenvalue weighted by Crippen LogP contribution is -2.38. The van der Waals surface area contributed by atoms with Crippen LogP contribution in [-0.2, 0) is 11.3 Å². The van der Waals surface area contributed by atoms with E-state index in [1.807, 2.05) is 50.1 Å². The van der Waals surface area contributed by atoms with Crippen LogP contribution in [0.25, 0.3) is 0 Å². The van der Waals surface area contributed by atoms with Gasteiger partial charge in [-0.25, -0.2) is 4.99 Å². The minimum absolute atomic E-state index is 0. The number of hydrogen-bond acceptors (Lipinski definition) is 4. The summed E-state index contributed by atoms with van der Waals surface area (Å²) < 4.78 is 11.3. The Morgan fingerprint density at radius 3 is 2.48 bits per heavy atom. The zero-order chi connectivity index (χ0) is 17.4. The van der Waals surface area contributed by atoms with Crippen LogP contribution in [0.15, 0.2) is 29.3 Å². The average molecular weight is 462 g/mol.